The fourth-order valence-electron chi connectivity index (χ4n) is 5.65. The molecular weight excluding hydrogens is 500 g/mol. The van der Waals surface area contributed by atoms with Crippen LogP contribution in [-0.4, -0.2) is 57.3 Å². The number of imidazole rings is 1. The maximum absolute atomic E-state index is 13.1. The Morgan fingerprint density at radius 1 is 1.13 bits per heavy atom. The van der Waals surface area contributed by atoms with Gasteiger partial charge in [0, 0.05) is 45.2 Å². The molecule has 3 amide bonds. The van der Waals surface area contributed by atoms with E-state index in [9.17, 15) is 14.4 Å². The monoisotopic (exact) mass is 536 g/mol. The van der Waals surface area contributed by atoms with Crippen molar-refractivity contribution >= 4 is 51.7 Å². The minimum atomic E-state index is -0.233. The summed E-state index contributed by atoms with van der Waals surface area (Å²) in [4.78, 5) is 51.5. The highest BCUT2D eigenvalue weighted by atomic mass is 32.1. The molecule has 202 valence electrons. The van der Waals surface area contributed by atoms with E-state index in [4.69, 9.17) is 4.98 Å². The molecule has 9 nitrogen and oxygen atoms in total. The quantitative estimate of drug-likeness (QED) is 0.419. The summed E-state index contributed by atoms with van der Waals surface area (Å²) in [6.45, 7) is 5.80. The number of anilines is 2. The van der Waals surface area contributed by atoms with Crippen LogP contribution >= 0.6 is 11.3 Å². The number of hydrogen-bond donors (Lipinski definition) is 1. The first-order valence-corrected chi connectivity index (χ1v) is 14.4. The summed E-state index contributed by atoms with van der Waals surface area (Å²) in [5.74, 6) is 1.04. The van der Waals surface area contributed by atoms with E-state index in [-0.39, 0.29) is 17.7 Å². The molecule has 3 heterocycles. The van der Waals surface area contributed by atoms with E-state index in [1.54, 1.807) is 4.90 Å². The second-order valence-electron chi connectivity index (χ2n) is 10.5. The number of nitrogens with zero attached hydrogens (tertiary/aromatic N) is 5. The molecule has 1 saturated carbocycles. The van der Waals surface area contributed by atoms with Gasteiger partial charge in [0.15, 0.2) is 0 Å². The Hall–Kier alpha value is -3.27. The standard InChI is InChI=1S/C28H36N6O3S/c1-18-26(38-19(2)29-18)27(37)31-28-30-22-17-21(32(3)25(36)16-20-8-4-5-9-20)11-12-23(22)34(28)15-7-14-33-13-6-10-24(33)35/h11-12,17,20H,4-10,13-16H2,1-3H3,(H,30,31,37). The molecule has 5 rings (SSSR count). The lowest BCUT2D eigenvalue weighted by atomic mass is 10.0. The van der Waals surface area contributed by atoms with Crippen LogP contribution in [0.3, 0.4) is 0 Å². The van der Waals surface area contributed by atoms with Gasteiger partial charge in [-0.1, -0.05) is 12.8 Å². The number of hydrogen-bond acceptors (Lipinski definition) is 6. The van der Waals surface area contributed by atoms with Gasteiger partial charge in [0.1, 0.15) is 4.88 Å². The molecule has 1 aliphatic heterocycles. The van der Waals surface area contributed by atoms with Crippen LogP contribution in [0.5, 0.6) is 0 Å². The first kappa shape index (κ1) is 26.3. The number of aromatic nitrogens is 3. The van der Waals surface area contributed by atoms with Crippen LogP contribution in [0.1, 0.15) is 71.7 Å². The fraction of sp³-hybridized carbons (Fsp3) is 0.536. The van der Waals surface area contributed by atoms with Gasteiger partial charge >= 0.3 is 0 Å². The maximum atomic E-state index is 13.1. The van der Waals surface area contributed by atoms with Crippen LogP contribution < -0.4 is 10.2 Å². The molecule has 0 radical (unpaired) electrons. The van der Waals surface area contributed by atoms with E-state index >= 15 is 0 Å². The highest BCUT2D eigenvalue weighted by Gasteiger charge is 2.24. The third-order valence-electron chi connectivity index (χ3n) is 7.75. The zero-order valence-corrected chi connectivity index (χ0v) is 23.3. The van der Waals surface area contributed by atoms with E-state index < -0.39 is 0 Å². The van der Waals surface area contributed by atoms with Crippen LogP contribution in [-0.2, 0) is 16.1 Å². The van der Waals surface area contributed by atoms with Crippen molar-refractivity contribution in [2.45, 2.75) is 71.8 Å². The van der Waals surface area contributed by atoms with E-state index in [1.165, 1.54) is 24.2 Å². The molecule has 2 aliphatic rings. The molecule has 10 heteroatoms. The summed E-state index contributed by atoms with van der Waals surface area (Å²) in [6, 6.07) is 5.83. The number of amides is 3. The van der Waals surface area contributed by atoms with E-state index in [1.807, 2.05) is 48.6 Å². The Balaban J connectivity index is 1.39. The van der Waals surface area contributed by atoms with Crippen LogP contribution in [0.2, 0.25) is 0 Å². The molecule has 0 spiro atoms. The third-order valence-corrected chi connectivity index (χ3v) is 8.82. The molecular formula is C28H36N6O3S. The molecule has 1 aliphatic carbocycles. The van der Waals surface area contributed by atoms with Gasteiger partial charge in [0.2, 0.25) is 17.8 Å². The van der Waals surface area contributed by atoms with Crippen molar-refractivity contribution in [2.24, 2.45) is 5.92 Å². The van der Waals surface area contributed by atoms with Gasteiger partial charge in [-0.2, -0.15) is 0 Å². The Labute approximate surface area is 227 Å². The maximum Gasteiger partial charge on any atom is 0.269 e. The number of benzene rings is 1. The van der Waals surface area contributed by atoms with Crippen molar-refractivity contribution in [3.05, 3.63) is 33.8 Å². The summed E-state index contributed by atoms with van der Waals surface area (Å²) < 4.78 is 2.00. The zero-order chi connectivity index (χ0) is 26.8. The molecule has 1 aromatic carbocycles. The van der Waals surface area contributed by atoms with Crippen LogP contribution in [0, 0.1) is 19.8 Å². The van der Waals surface area contributed by atoms with Crippen molar-refractivity contribution in [3.63, 3.8) is 0 Å². The lowest BCUT2D eigenvalue weighted by Gasteiger charge is -2.19. The van der Waals surface area contributed by atoms with E-state index in [0.29, 0.717) is 53.9 Å². The first-order valence-electron chi connectivity index (χ1n) is 13.6. The third kappa shape index (κ3) is 5.60. The number of carbonyl (C=O) groups is 3. The van der Waals surface area contributed by atoms with E-state index in [0.717, 1.165) is 48.4 Å². The van der Waals surface area contributed by atoms with Gasteiger partial charge in [0.25, 0.3) is 5.91 Å². The molecule has 1 N–H and O–H groups in total. The zero-order valence-electron chi connectivity index (χ0n) is 22.5. The summed E-state index contributed by atoms with van der Waals surface area (Å²) in [5.41, 5.74) is 3.09. The Bertz CT molecular complexity index is 1360. The van der Waals surface area contributed by atoms with E-state index in [2.05, 4.69) is 10.3 Å². The van der Waals surface area contributed by atoms with Gasteiger partial charge < -0.3 is 14.4 Å². The number of aryl methyl sites for hydroxylation is 3. The predicted octanol–water partition coefficient (Wildman–Crippen LogP) is 4.92. The lowest BCUT2D eigenvalue weighted by molar-refractivity contribution is -0.127. The molecule has 0 bridgehead atoms. The minimum Gasteiger partial charge on any atom is -0.343 e. The number of thiazole rings is 1. The van der Waals surface area contributed by atoms with Gasteiger partial charge in [-0.05, 0) is 63.6 Å². The summed E-state index contributed by atoms with van der Waals surface area (Å²) in [7, 11) is 1.82. The largest absolute Gasteiger partial charge is 0.343 e. The van der Waals surface area contributed by atoms with Gasteiger partial charge in [-0.25, -0.2) is 9.97 Å². The number of carbonyl (C=O) groups excluding carboxylic acids is 3. The topological polar surface area (TPSA) is 100 Å². The number of likely N-dealkylation sites (tertiary alicyclic amines) is 1. The van der Waals surface area contributed by atoms with Crippen molar-refractivity contribution < 1.29 is 14.4 Å². The van der Waals surface area contributed by atoms with Crippen LogP contribution in [0.15, 0.2) is 18.2 Å². The van der Waals surface area contributed by atoms with Crippen molar-refractivity contribution in [3.8, 4) is 0 Å². The molecule has 2 aromatic heterocycles. The fourth-order valence-corrected chi connectivity index (χ4v) is 6.47. The van der Waals surface area contributed by atoms with Crippen molar-refractivity contribution in [2.75, 3.05) is 30.4 Å². The highest BCUT2D eigenvalue weighted by molar-refractivity contribution is 7.13. The number of nitrogens with one attached hydrogen (secondary N) is 1. The second kappa shape index (κ2) is 11.2. The minimum absolute atomic E-state index is 0.121. The Kier molecular flexibility index (Phi) is 7.78. The van der Waals surface area contributed by atoms with Gasteiger partial charge in [-0.15, -0.1) is 11.3 Å². The second-order valence-corrected chi connectivity index (χ2v) is 11.7. The molecule has 2 fully saturated rings. The summed E-state index contributed by atoms with van der Waals surface area (Å²) in [5, 5.41) is 3.84. The summed E-state index contributed by atoms with van der Waals surface area (Å²) in [6.07, 6.45) is 7.56. The smallest absolute Gasteiger partial charge is 0.269 e. The van der Waals surface area contributed by atoms with Crippen LogP contribution in [0.4, 0.5) is 11.6 Å². The number of fused-ring (bicyclic) bond motifs is 1. The van der Waals surface area contributed by atoms with Gasteiger partial charge in [-0.3, -0.25) is 19.7 Å². The molecule has 38 heavy (non-hydrogen) atoms. The van der Waals surface area contributed by atoms with Gasteiger partial charge in [0.05, 0.1) is 21.7 Å². The summed E-state index contributed by atoms with van der Waals surface area (Å²) >= 11 is 1.36. The first-order chi connectivity index (χ1) is 18.3. The lowest BCUT2D eigenvalue weighted by Crippen LogP contribution is -2.27. The molecule has 3 aromatic rings. The average molecular weight is 537 g/mol. The normalized spacial score (nSPS) is 16.1. The predicted molar refractivity (Wildman–Crippen MR) is 150 cm³/mol. The Morgan fingerprint density at radius 3 is 2.61 bits per heavy atom. The Morgan fingerprint density at radius 2 is 1.92 bits per heavy atom. The number of rotatable bonds is 9. The highest BCUT2D eigenvalue weighted by Crippen LogP contribution is 2.30. The molecule has 0 unspecified atom stereocenters. The molecule has 0 atom stereocenters. The average Bonchev–Trinajstić information content (AvgIpc) is 3.67. The van der Waals surface area contributed by atoms with Crippen molar-refractivity contribution in [1.82, 2.24) is 19.4 Å². The SMILES string of the molecule is Cc1nc(C)c(C(=O)Nc2nc3cc(N(C)C(=O)CC4CCCC4)ccc3n2CCCN2CCCC2=O)s1. The molecule has 1 saturated heterocycles. The van der Waals surface area contributed by atoms with Crippen LogP contribution in [0.25, 0.3) is 11.0 Å². The van der Waals surface area contributed by atoms with Crippen molar-refractivity contribution in [1.29, 1.82) is 0 Å².